The van der Waals surface area contributed by atoms with Crippen molar-refractivity contribution in [2.75, 3.05) is 0 Å². The molecule has 1 saturated carbocycles. The van der Waals surface area contributed by atoms with Gasteiger partial charge in [0, 0.05) is 0 Å². The standard InChI is InChI=1S/C14H19I2NO2/c15-10-6-9(7-11(16)14(10)19)12(17)13(18)8-4-2-1-3-5-8/h6-8,12-13,18-19H,1-5,17H2/t12-,13+/m0/s1. The zero-order chi connectivity index (χ0) is 14.0. The number of phenols is 1. The number of aliphatic hydroxyl groups is 1. The normalized spacial score (nSPS) is 20.2. The number of halogens is 2. The first-order valence-electron chi connectivity index (χ1n) is 6.62. The molecule has 1 fully saturated rings. The first-order chi connectivity index (χ1) is 9.00. The molecule has 2 atom stereocenters. The summed E-state index contributed by atoms with van der Waals surface area (Å²) >= 11 is 4.19. The van der Waals surface area contributed by atoms with Gasteiger partial charge in [0.2, 0.25) is 0 Å². The van der Waals surface area contributed by atoms with Crippen molar-refractivity contribution in [2.24, 2.45) is 11.7 Å². The Morgan fingerprint density at radius 3 is 2.16 bits per heavy atom. The lowest BCUT2D eigenvalue weighted by Gasteiger charge is -2.30. The summed E-state index contributed by atoms with van der Waals surface area (Å²) in [6, 6.07) is 3.37. The average Bonchev–Trinajstić information content (AvgIpc) is 2.43. The average molecular weight is 487 g/mol. The summed E-state index contributed by atoms with van der Waals surface area (Å²) < 4.78 is 1.57. The number of nitrogens with two attached hydrogens (primary N) is 1. The molecule has 0 amide bonds. The van der Waals surface area contributed by atoms with Crippen molar-refractivity contribution in [1.29, 1.82) is 0 Å². The Morgan fingerprint density at radius 1 is 1.11 bits per heavy atom. The van der Waals surface area contributed by atoms with Gasteiger partial charge < -0.3 is 15.9 Å². The van der Waals surface area contributed by atoms with E-state index in [-0.39, 0.29) is 6.04 Å². The van der Waals surface area contributed by atoms with E-state index >= 15 is 0 Å². The molecule has 4 N–H and O–H groups in total. The zero-order valence-corrected chi connectivity index (χ0v) is 15.0. The molecule has 0 heterocycles. The summed E-state index contributed by atoms with van der Waals surface area (Å²) in [5.41, 5.74) is 7.13. The molecule has 0 aliphatic heterocycles. The zero-order valence-electron chi connectivity index (χ0n) is 10.6. The van der Waals surface area contributed by atoms with Crippen molar-refractivity contribution in [1.82, 2.24) is 0 Å². The highest BCUT2D eigenvalue weighted by Gasteiger charge is 2.28. The van der Waals surface area contributed by atoms with Crippen molar-refractivity contribution in [3.05, 3.63) is 24.8 Å². The smallest absolute Gasteiger partial charge is 0.142 e. The van der Waals surface area contributed by atoms with Gasteiger partial charge in [-0.3, -0.25) is 0 Å². The molecular formula is C14H19I2NO2. The van der Waals surface area contributed by atoms with E-state index in [1.54, 1.807) is 0 Å². The molecule has 0 saturated heterocycles. The molecule has 106 valence electrons. The van der Waals surface area contributed by atoms with Crippen LogP contribution in [0.3, 0.4) is 0 Å². The van der Waals surface area contributed by atoms with Gasteiger partial charge in [-0.25, -0.2) is 0 Å². The molecule has 0 unspecified atom stereocenters. The Bertz CT molecular complexity index is 424. The third kappa shape index (κ3) is 3.74. The fraction of sp³-hybridized carbons (Fsp3) is 0.571. The molecule has 0 radical (unpaired) electrons. The lowest BCUT2D eigenvalue weighted by Crippen LogP contribution is -2.34. The van der Waals surface area contributed by atoms with Crippen LogP contribution in [0.1, 0.15) is 43.7 Å². The van der Waals surface area contributed by atoms with Crippen LogP contribution in [0.15, 0.2) is 12.1 Å². The number of aromatic hydroxyl groups is 1. The largest absolute Gasteiger partial charge is 0.506 e. The highest BCUT2D eigenvalue weighted by atomic mass is 127. The number of phenolic OH excluding ortho intramolecular Hbond substituents is 1. The Kier molecular flexibility index (Phi) is 5.74. The van der Waals surface area contributed by atoms with Gasteiger partial charge in [-0.2, -0.15) is 0 Å². The second-order valence-electron chi connectivity index (χ2n) is 5.25. The molecular weight excluding hydrogens is 468 g/mol. The van der Waals surface area contributed by atoms with Crippen LogP contribution in [0.25, 0.3) is 0 Å². The third-order valence-electron chi connectivity index (χ3n) is 3.92. The number of rotatable bonds is 3. The van der Waals surface area contributed by atoms with Crippen molar-refractivity contribution >= 4 is 45.2 Å². The van der Waals surface area contributed by atoms with Gasteiger partial charge in [0.25, 0.3) is 0 Å². The van der Waals surface area contributed by atoms with Crippen LogP contribution in [0.4, 0.5) is 0 Å². The van der Waals surface area contributed by atoms with Gasteiger partial charge in [0.1, 0.15) is 5.75 Å². The first kappa shape index (κ1) is 15.8. The maximum Gasteiger partial charge on any atom is 0.142 e. The van der Waals surface area contributed by atoms with E-state index in [9.17, 15) is 10.2 Å². The van der Waals surface area contributed by atoms with Crippen LogP contribution in [0.2, 0.25) is 0 Å². The van der Waals surface area contributed by atoms with E-state index in [1.807, 2.05) is 12.1 Å². The first-order valence-corrected chi connectivity index (χ1v) is 8.78. The van der Waals surface area contributed by atoms with E-state index in [0.717, 1.165) is 25.5 Å². The summed E-state index contributed by atoms with van der Waals surface area (Å²) in [5.74, 6) is 0.609. The van der Waals surface area contributed by atoms with Gasteiger partial charge >= 0.3 is 0 Å². The lowest BCUT2D eigenvalue weighted by molar-refractivity contribution is 0.0617. The van der Waals surface area contributed by atoms with Crippen LogP contribution in [-0.2, 0) is 0 Å². The molecule has 3 nitrogen and oxygen atoms in total. The van der Waals surface area contributed by atoms with Crippen LogP contribution in [-0.4, -0.2) is 16.3 Å². The molecule has 5 heteroatoms. The fourth-order valence-electron chi connectivity index (χ4n) is 2.74. The lowest BCUT2D eigenvalue weighted by atomic mass is 9.81. The van der Waals surface area contributed by atoms with E-state index in [0.29, 0.717) is 11.7 Å². The molecule has 1 aromatic carbocycles. The Hall–Kier alpha value is 0.400. The van der Waals surface area contributed by atoms with Gasteiger partial charge in [-0.05, 0) is 81.6 Å². The highest BCUT2D eigenvalue weighted by molar-refractivity contribution is 14.1. The van der Waals surface area contributed by atoms with Crippen LogP contribution in [0.5, 0.6) is 5.75 Å². The SMILES string of the molecule is N[C@@H](c1cc(I)c(O)c(I)c1)[C@H](O)C1CCCCC1. The molecule has 19 heavy (non-hydrogen) atoms. The molecule has 0 spiro atoms. The summed E-state index contributed by atoms with van der Waals surface area (Å²) in [7, 11) is 0. The fourth-order valence-corrected chi connectivity index (χ4v) is 4.56. The van der Waals surface area contributed by atoms with Crippen molar-refractivity contribution in [3.8, 4) is 5.75 Å². The maximum absolute atomic E-state index is 10.5. The van der Waals surface area contributed by atoms with E-state index in [1.165, 1.54) is 19.3 Å². The second-order valence-corrected chi connectivity index (χ2v) is 7.57. The monoisotopic (exact) mass is 487 g/mol. The Morgan fingerprint density at radius 2 is 1.63 bits per heavy atom. The topological polar surface area (TPSA) is 66.5 Å². The molecule has 0 bridgehead atoms. The van der Waals surface area contributed by atoms with E-state index in [4.69, 9.17) is 5.73 Å². The summed E-state index contributed by atoms with van der Waals surface area (Å²) in [5, 5.41) is 20.2. The van der Waals surface area contributed by atoms with Crippen molar-refractivity contribution in [2.45, 2.75) is 44.2 Å². The van der Waals surface area contributed by atoms with Crippen LogP contribution in [0, 0.1) is 13.1 Å². The quantitative estimate of drug-likeness (QED) is 0.572. The van der Waals surface area contributed by atoms with Crippen LogP contribution < -0.4 is 5.73 Å². The minimum atomic E-state index is -0.489. The number of benzene rings is 1. The minimum Gasteiger partial charge on any atom is -0.506 e. The molecule has 1 aromatic rings. The highest BCUT2D eigenvalue weighted by Crippen LogP contribution is 2.34. The summed E-state index contributed by atoms with van der Waals surface area (Å²) in [4.78, 5) is 0. The third-order valence-corrected chi connectivity index (χ3v) is 5.57. The predicted octanol–water partition coefficient (Wildman–Crippen LogP) is 3.54. The molecule has 1 aliphatic carbocycles. The van der Waals surface area contributed by atoms with Gasteiger partial charge in [0.15, 0.2) is 0 Å². The van der Waals surface area contributed by atoms with E-state index < -0.39 is 6.10 Å². The minimum absolute atomic E-state index is 0.296. The summed E-state index contributed by atoms with van der Waals surface area (Å²) in [6.07, 6.45) is 5.31. The number of hydrogen-bond acceptors (Lipinski definition) is 3. The second kappa shape index (κ2) is 6.91. The van der Waals surface area contributed by atoms with Gasteiger partial charge in [-0.1, -0.05) is 19.3 Å². The Labute approximate surface area is 141 Å². The number of hydrogen-bond donors (Lipinski definition) is 3. The number of aliphatic hydroxyl groups excluding tert-OH is 1. The maximum atomic E-state index is 10.5. The van der Waals surface area contributed by atoms with Crippen molar-refractivity contribution in [3.63, 3.8) is 0 Å². The predicted molar refractivity (Wildman–Crippen MR) is 93.1 cm³/mol. The van der Waals surface area contributed by atoms with E-state index in [2.05, 4.69) is 45.2 Å². The summed E-state index contributed by atoms with van der Waals surface area (Å²) in [6.45, 7) is 0. The van der Waals surface area contributed by atoms with Gasteiger partial charge in [0.05, 0.1) is 19.3 Å². The van der Waals surface area contributed by atoms with Crippen molar-refractivity contribution < 1.29 is 10.2 Å². The molecule has 1 aliphatic rings. The Balaban J connectivity index is 2.16. The molecule has 0 aromatic heterocycles. The van der Waals surface area contributed by atoms with Gasteiger partial charge in [-0.15, -0.1) is 0 Å². The van der Waals surface area contributed by atoms with Crippen LogP contribution >= 0.6 is 45.2 Å². The molecule has 2 rings (SSSR count).